The van der Waals surface area contributed by atoms with Crippen LogP contribution in [0.2, 0.25) is 0 Å². The Morgan fingerprint density at radius 3 is 2.50 bits per heavy atom. The summed E-state index contributed by atoms with van der Waals surface area (Å²) in [6, 6.07) is 17.4. The van der Waals surface area contributed by atoms with Gasteiger partial charge in [-0.05, 0) is 12.1 Å². The monoisotopic (exact) mass is 288 g/mol. The lowest BCUT2D eigenvalue weighted by Gasteiger charge is -2.04. The SMILES string of the molecule is Nc1nc(-c2ccccc2)nn1-c1ncnc2ccccc12. The van der Waals surface area contributed by atoms with Crippen LogP contribution in [0.25, 0.3) is 28.1 Å². The molecule has 4 rings (SSSR count). The van der Waals surface area contributed by atoms with Gasteiger partial charge in [-0.25, -0.2) is 9.97 Å². The number of nitrogens with zero attached hydrogens (tertiary/aromatic N) is 5. The maximum Gasteiger partial charge on any atom is 0.225 e. The quantitative estimate of drug-likeness (QED) is 0.612. The number of hydrogen-bond acceptors (Lipinski definition) is 5. The second-order valence-electron chi connectivity index (χ2n) is 4.79. The summed E-state index contributed by atoms with van der Waals surface area (Å²) in [5.74, 6) is 1.49. The highest BCUT2D eigenvalue weighted by Crippen LogP contribution is 2.22. The Balaban J connectivity index is 1.91. The van der Waals surface area contributed by atoms with Gasteiger partial charge in [-0.2, -0.15) is 9.67 Å². The van der Waals surface area contributed by atoms with E-state index in [4.69, 9.17) is 5.73 Å². The first-order chi connectivity index (χ1) is 10.8. The van der Waals surface area contributed by atoms with Crippen molar-refractivity contribution in [3.05, 3.63) is 60.9 Å². The summed E-state index contributed by atoms with van der Waals surface area (Å²) in [6.07, 6.45) is 1.50. The van der Waals surface area contributed by atoms with Gasteiger partial charge in [0.2, 0.25) is 5.95 Å². The second-order valence-corrected chi connectivity index (χ2v) is 4.79. The van der Waals surface area contributed by atoms with Crippen LogP contribution in [0.1, 0.15) is 0 Å². The third kappa shape index (κ3) is 1.98. The molecule has 0 amide bonds. The molecule has 0 unspecified atom stereocenters. The standard InChI is InChI=1S/C16H12N6/c17-16-20-14(11-6-2-1-3-7-11)21-22(16)15-12-8-4-5-9-13(12)18-10-19-15/h1-10H,(H2,17,20,21). The predicted octanol–water partition coefficient (Wildman–Crippen LogP) is 2.46. The molecule has 0 radical (unpaired) electrons. The van der Waals surface area contributed by atoms with Gasteiger partial charge in [0, 0.05) is 10.9 Å². The molecule has 0 spiro atoms. The largest absolute Gasteiger partial charge is 0.368 e. The fourth-order valence-corrected chi connectivity index (χ4v) is 2.35. The van der Waals surface area contributed by atoms with Crippen LogP contribution in [0.15, 0.2) is 60.9 Å². The lowest BCUT2D eigenvalue weighted by atomic mass is 10.2. The van der Waals surface area contributed by atoms with Gasteiger partial charge >= 0.3 is 0 Å². The topological polar surface area (TPSA) is 82.5 Å². The van der Waals surface area contributed by atoms with Crippen LogP contribution in [-0.4, -0.2) is 24.7 Å². The number of fused-ring (bicyclic) bond motifs is 1. The summed E-state index contributed by atoms with van der Waals surface area (Å²) in [7, 11) is 0. The molecule has 2 N–H and O–H groups in total. The zero-order valence-electron chi connectivity index (χ0n) is 11.6. The van der Waals surface area contributed by atoms with E-state index in [1.54, 1.807) is 4.68 Å². The molecule has 2 heterocycles. The molecule has 0 saturated heterocycles. The minimum atomic E-state index is 0.294. The number of nitrogens with two attached hydrogens (primary N) is 1. The summed E-state index contributed by atoms with van der Waals surface area (Å²) in [6.45, 7) is 0. The van der Waals surface area contributed by atoms with Crippen molar-refractivity contribution in [1.29, 1.82) is 0 Å². The summed E-state index contributed by atoms with van der Waals surface area (Å²) in [5.41, 5.74) is 7.78. The van der Waals surface area contributed by atoms with E-state index in [1.165, 1.54) is 6.33 Å². The van der Waals surface area contributed by atoms with Crippen molar-refractivity contribution in [2.75, 3.05) is 5.73 Å². The summed E-state index contributed by atoms with van der Waals surface area (Å²) in [4.78, 5) is 12.9. The molecular formula is C16H12N6. The molecule has 4 aromatic rings. The highest BCUT2D eigenvalue weighted by Gasteiger charge is 2.13. The Labute approximate surface area is 126 Å². The highest BCUT2D eigenvalue weighted by atomic mass is 15.4. The molecule has 0 saturated carbocycles. The predicted molar refractivity (Wildman–Crippen MR) is 84.3 cm³/mol. The maximum atomic E-state index is 6.03. The maximum absolute atomic E-state index is 6.03. The molecule has 6 nitrogen and oxygen atoms in total. The van der Waals surface area contributed by atoms with Crippen molar-refractivity contribution in [3.63, 3.8) is 0 Å². The van der Waals surface area contributed by atoms with E-state index in [0.29, 0.717) is 17.6 Å². The number of nitrogen functional groups attached to an aromatic ring is 1. The van der Waals surface area contributed by atoms with Crippen molar-refractivity contribution >= 4 is 16.9 Å². The van der Waals surface area contributed by atoms with Crippen molar-refractivity contribution in [2.24, 2.45) is 0 Å². The van der Waals surface area contributed by atoms with Gasteiger partial charge in [0.1, 0.15) is 6.33 Å². The van der Waals surface area contributed by atoms with Crippen LogP contribution in [-0.2, 0) is 0 Å². The average molecular weight is 288 g/mol. The summed E-state index contributed by atoms with van der Waals surface area (Å²) in [5, 5.41) is 5.37. The third-order valence-electron chi connectivity index (χ3n) is 3.39. The van der Waals surface area contributed by atoms with Crippen molar-refractivity contribution < 1.29 is 0 Å². The van der Waals surface area contributed by atoms with Gasteiger partial charge in [0.25, 0.3) is 0 Å². The minimum Gasteiger partial charge on any atom is -0.368 e. The van der Waals surface area contributed by atoms with E-state index in [0.717, 1.165) is 16.5 Å². The number of benzene rings is 2. The number of para-hydroxylation sites is 1. The molecule has 6 heteroatoms. The van der Waals surface area contributed by atoms with E-state index in [9.17, 15) is 0 Å². The first-order valence-electron chi connectivity index (χ1n) is 6.81. The molecular weight excluding hydrogens is 276 g/mol. The molecule has 2 aromatic carbocycles. The number of anilines is 1. The molecule has 0 atom stereocenters. The molecule has 0 aliphatic rings. The van der Waals surface area contributed by atoms with Crippen molar-refractivity contribution in [1.82, 2.24) is 24.7 Å². The van der Waals surface area contributed by atoms with Crippen LogP contribution in [0.4, 0.5) is 5.95 Å². The van der Waals surface area contributed by atoms with E-state index in [-0.39, 0.29) is 0 Å². The van der Waals surface area contributed by atoms with E-state index in [1.807, 2.05) is 54.6 Å². The van der Waals surface area contributed by atoms with E-state index >= 15 is 0 Å². The van der Waals surface area contributed by atoms with Crippen molar-refractivity contribution in [3.8, 4) is 17.2 Å². The smallest absolute Gasteiger partial charge is 0.225 e. The lowest BCUT2D eigenvalue weighted by Crippen LogP contribution is -2.05. The number of aromatic nitrogens is 5. The Kier molecular flexibility index (Phi) is 2.79. The van der Waals surface area contributed by atoms with Gasteiger partial charge in [-0.1, -0.05) is 42.5 Å². The zero-order valence-corrected chi connectivity index (χ0v) is 11.6. The first kappa shape index (κ1) is 12.5. The van der Waals surface area contributed by atoms with Crippen LogP contribution in [0, 0.1) is 0 Å². The lowest BCUT2D eigenvalue weighted by molar-refractivity contribution is 0.863. The first-order valence-corrected chi connectivity index (χ1v) is 6.81. The van der Waals surface area contributed by atoms with Gasteiger partial charge in [-0.15, -0.1) is 5.10 Å². The summed E-state index contributed by atoms with van der Waals surface area (Å²) < 4.78 is 1.55. The normalized spacial score (nSPS) is 10.9. The van der Waals surface area contributed by atoms with Gasteiger partial charge < -0.3 is 5.73 Å². The van der Waals surface area contributed by atoms with Crippen LogP contribution in [0.5, 0.6) is 0 Å². The number of hydrogen-bond donors (Lipinski definition) is 1. The third-order valence-corrected chi connectivity index (χ3v) is 3.39. The minimum absolute atomic E-state index is 0.294. The van der Waals surface area contributed by atoms with Crippen LogP contribution < -0.4 is 5.73 Å². The second kappa shape index (κ2) is 4.92. The Hall–Kier alpha value is -3.28. The molecule has 2 aromatic heterocycles. The fraction of sp³-hybridized carbons (Fsp3) is 0. The molecule has 0 fully saturated rings. The fourth-order valence-electron chi connectivity index (χ4n) is 2.35. The molecule has 106 valence electrons. The Morgan fingerprint density at radius 2 is 1.64 bits per heavy atom. The van der Waals surface area contributed by atoms with Crippen LogP contribution >= 0.6 is 0 Å². The number of rotatable bonds is 2. The van der Waals surface area contributed by atoms with Crippen molar-refractivity contribution in [2.45, 2.75) is 0 Å². The van der Waals surface area contributed by atoms with Crippen LogP contribution in [0.3, 0.4) is 0 Å². The molecule has 0 bridgehead atoms. The Morgan fingerprint density at radius 1 is 0.864 bits per heavy atom. The molecule has 0 aliphatic carbocycles. The zero-order chi connectivity index (χ0) is 14.9. The van der Waals surface area contributed by atoms with E-state index in [2.05, 4.69) is 20.1 Å². The molecule has 22 heavy (non-hydrogen) atoms. The highest BCUT2D eigenvalue weighted by molar-refractivity contribution is 5.85. The average Bonchev–Trinajstić information content (AvgIpc) is 2.97. The Bertz CT molecular complexity index is 940. The van der Waals surface area contributed by atoms with Gasteiger partial charge in [0.15, 0.2) is 11.6 Å². The van der Waals surface area contributed by atoms with Gasteiger partial charge in [-0.3, -0.25) is 0 Å². The van der Waals surface area contributed by atoms with Gasteiger partial charge in [0.05, 0.1) is 5.52 Å². The molecule has 0 aliphatic heterocycles. The summed E-state index contributed by atoms with van der Waals surface area (Å²) >= 11 is 0. The van der Waals surface area contributed by atoms with E-state index < -0.39 is 0 Å².